The lowest BCUT2D eigenvalue weighted by molar-refractivity contribution is -0.120. The van der Waals surface area contributed by atoms with Crippen molar-refractivity contribution in [3.63, 3.8) is 0 Å². The van der Waals surface area contributed by atoms with Crippen LogP contribution in [0.4, 0.5) is 15.3 Å². The van der Waals surface area contributed by atoms with Crippen LogP contribution in [-0.2, 0) is 9.53 Å². The van der Waals surface area contributed by atoms with Crippen molar-refractivity contribution >= 4 is 34.8 Å². The van der Waals surface area contributed by atoms with E-state index >= 15 is 0 Å². The van der Waals surface area contributed by atoms with Crippen molar-refractivity contribution in [3.05, 3.63) is 24.5 Å². The lowest BCUT2D eigenvalue weighted by atomic mass is 9.85. The van der Waals surface area contributed by atoms with Crippen LogP contribution in [0.3, 0.4) is 0 Å². The standard InChI is InChI=1S/C23H31N5O4/c1-14-12-26(22(31)32-23(3,4)5)13-15(2)19(14)28-8-6-16-10-17(11-24-20(16)28)27-9-7-18(29)25-21(27)30/h6,8,10-11,14-15,19H,7,9,12-13H2,1-5H3,(H,25,29,30)/t14-,15+,19?. The highest BCUT2D eigenvalue weighted by molar-refractivity contribution is 6.06. The fourth-order valence-corrected chi connectivity index (χ4v) is 4.80. The second kappa shape index (κ2) is 8.11. The average molecular weight is 442 g/mol. The summed E-state index contributed by atoms with van der Waals surface area (Å²) in [4.78, 5) is 44.2. The summed E-state index contributed by atoms with van der Waals surface area (Å²) in [5.41, 5.74) is 0.995. The largest absolute Gasteiger partial charge is 0.444 e. The first-order chi connectivity index (χ1) is 15.0. The molecule has 2 aromatic heterocycles. The zero-order valence-electron chi connectivity index (χ0n) is 19.3. The van der Waals surface area contributed by atoms with Gasteiger partial charge in [0.25, 0.3) is 0 Å². The molecule has 2 aliphatic rings. The number of piperidine rings is 1. The SMILES string of the molecule is C[C@@H]1CN(C(=O)OC(C)(C)C)C[C@H](C)C1n1ccc2cc(N3CCC(=O)NC3=O)cnc21. The van der Waals surface area contributed by atoms with Gasteiger partial charge in [-0.05, 0) is 44.7 Å². The average Bonchev–Trinajstić information content (AvgIpc) is 3.09. The zero-order chi connectivity index (χ0) is 23.2. The first-order valence-electron chi connectivity index (χ1n) is 11.1. The van der Waals surface area contributed by atoms with Crippen LogP contribution in [0.25, 0.3) is 11.0 Å². The topological polar surface area (TPSA) is 96.8 Å². The quantitative estimate of drug-likeness (QED) is 0.769. The molecule has 9 heteroatoms. The number of likely N-dealkylation sites (tertiary alicyclic amines) is 1. The summed E-state index contributed by atoms with van der Waals surface area (Å²) in [6.07, 6.45) is 3.71. The van der Waals surface area contributed by atoms with Crippen molar-refractivity contribution in [2.75, 3.05) is 24.5 Å². The number of anilines is 1. The van der Waals surface area contributed by atoms with Gasteiger partial charge < -0.3 is 14.2 Å². The molecule has 32 heavy (non-hydrogen) atoms. The van der Waals surface area contributed by atoms with Gasteiger partial charge in [0.15, 0.2) is 0 Å². The van der Waals surface area contributed by atoms with Crippen LogP contribution in [0.2, 0.25) is 0 Å². The number of urea groups is 1. The minimum atomic E-state index is -0.517. The smallest absolute Gasteiger partial charge is 0.410 e. The van der Waals surface area contributed by atoms with Gasteiger partial charge in [-0.2, -0.15) is 0 Å². The Labute approximate surface area is 187 Å². The Hall–Kier alpha value is -3.10. The number of hydrogen-bond donors (Lipinski definition) is 1. The predicted octanol–water partition coefficient (Wildman–Crippen LogP) is 3.55. The monoisotopic (exact) mass is 441 g/mol. The molecule has 0 saturated carbocycles. The first-order valence-corrected chi connectivity index (χ1v) is 11.1. The summed E-state index contributed by atoms with van der Waals surface area (Å²) in [5, 5.41) is 3.28. The summed E-state index contributed by atoms with van der Waals surface area (Å²) in [6, 6.07) is 3.69. The summed E-state index contributed by atoms with van der Waals surface area (Å²) < 4.78 is 7.75. The molecule has 4 amide bonds. The maximum absolute atomic E-state index is 12.6. The fourth-order valence-electron chi connectivity index (χ4n) is 4.80. The predicted molar refractivity (Wildman–Crippen MR) is 120 cm³/mol. The van der Waals surface area contributed by atoms with E-state index in [9.17, 15) is 14.4 Å². The van der Waals surface area contributed by atoms with Gasteiger partial charge in [-0.3, -0.25) is 15.0 Å². The van der Waals surface area contributed by atoms with Crippen molar-refractivity contribution in [3.8, 4) is 0 Å². The number of fused-ring (bicyclic) bond motifs is 1. The van der Waals surface area contributed by atoms with Gasteiger partial charge >= 0.3 is 12.1 Å². The number of carbonyl (C=O) groups excluding carboxylic acids is 3. The summed E-state index contributed by atoms with van der Waals surface area (Å²) in [5.74, 6) is 0.164. The highest BCUT2D eigenvalue weighted by atomic mass is 16.6. The maximum Gasteiger partial charge on any atom is 0.410 e. The molecule has 9 nitrogen and oxygen atoms in total. The number of rotatable bonds is 2. The molecule has 2 aromatic rings. The van der Waals surface area contributed by atoms with Gasteiger partial charge in [0.05, 0.1) is 11.9 Å². The number of hydrogen-bond acceptors (Lipinski definition) is 5. The Bertz CT molecular complexity index is 1040. The number of nitrogens with zero attached hydrogens (tertiary/aromatic N) is 4. The van der Waals surface area contributed by atoms with Gasteiger partial charge in [-0.15, -0.1) is 0 Å². The van der Waals surface area contributed by atoms with Crippen LogP contribution < -0.4 is 10.2 Å². The Morgan fingerprint density at radius 1 is 1.19 bits per heavy atom. The van der Waals surface area contributed by atoms with Crippen molar-refractivity contribution < 1.29 is 19.1 Å². The van der Waals surface area contributed by atoms with E-state index < -0.39 is 11.6 Å². The summed E-state index contributed by atoms with van der Waals surface area (Å²) in [7, 11) is 0. The van der Waals surface area contributed by atoms with E-state index in [0.717, 1.165) is 11.0 Å². The lowest BCUT2D eigenvalue weighted by Crippen LogP contribution is -2.49. The molecule has 2 aliphatic heterocycles. The highest BCUT2D eigenvalue weighted by Gasteiger charge is 2.37. The minimum Gasteiger partial charge on any atom is -0.444 e. The Balaban J connectivity index is 1.54. The molecule has 3 atom stereocenters. The molecule has 1 unspecified atom stereocenters. The van der Waals surface area contributed by atoms with Crippen molar-refractivity contribution in [2.24, 2.45) is 11.8 Å². The summed E-state index contributed by atoms with van der Waals surface area (Å²) in [6.45, 7) is 11.5. The van der Waals surface area contributed by atoms with Gasteiger partial charge in [0, 0.05) is 43.7 Å². The molecular formula is C23H31N5O4. The molecule has 4 rings (SSSR count). The molecule has 0 radical (unpaired) electrons. The second-order valence-corrected chi connectivity index (χ2v) is 9.91. The molecule has 0 aliphatic carbocycles. The van der Waals surface area contributed by atoms with E-state index in [1.165, 1.54) is 4.90 Å². The van der Waals surface area contributed by atoms with E-state index in [-0.39, 0.29) is 36.3 Å². The third-order valence-corrected chi connectivity index (χ3v) is 6.06. The van der Waals surface area contributed by atoms with Crippen molar-refractivity contribution in [1.82, 2.24) is 19.8 Å². The van der Waals surface area contributed by atoms with Crippen molar-refractivity contribution in [1.29, 1.82) is 0 Å². The number of carbonyl (C=O) groups is 3. The fraction of sp³-hybridized carbons (Fsp3) is 0.565. The zero-order valence-corrected chi connectivity index (χ0v) is 19.3. The number of nitrogens with one attached hydrogen (secondary N) is 1. The number of pyridine rings is 1. The molecule has 0 bridgehead atoms. The molecule has 4 heterocycles. The van der Waals surface area contributed by atoms with Gasteiger partial charge in [-0.25, -0.2) is 14.6 Å². The lowest BCUT2D eigenvalue weighted by Gasteiger charge is -2.42. The van der Waals surface area contributed by atoms with Crippen LogP contribution in [0, 0.1) is 11.8 Å². The molecule has 172 valence electrons. The molecule has 1 N–H and O–H groups in total. The molecule has 2 fully saturated rings. The third-order valence-electron chi connectivity index (χ3n) is 6.06. The normalized spacial score (nSPS) is 24.6. The van der Waals surface area contributed by atoms with Crippen LogP contribution >= 0.6 is 0 Å². The number of imide groups is 1. The van der Waals surface area contributed by atoms with Crippen LogP contribution in [0.1, 0.15) is 47.1 Å². The van der Waals surface area contributed by atoms with Gasteiger partial charge in [0.1, 0.15) is 11.2 Å². The van der Waals surface area contributed by atoms with E-state index in [4.69, 9.17) is 4.74 Å². The minimum absolute atomic E-state index is 0.181. The van der Waals surface area contributed by atoms with E-state index in [2.05, 4.69) is 28.7 Å². The highest BCUT2D eigenvalue weighted by Crippen LogP contribution is 2.36. The van der Waals surface area contributed by atoms with Crippen LogP contribution in [-0.4, -0.2) is 57.7 Å². The Morgan fingerprint density at radius 3 is 2.50 bits per heavy atom. The Kier molecular flexibility index (Phi) is 5.60. The number of aromatic nitrogens is 2. The summed E-state index contributed by atoms with van der Waals surface area (Å²) >= 11 is 0. The molecule has 0 spiro atoms. The van der Waals surface area contributed by atoms with Crippen LogP contribution in [0.5, 0.6) is 0 Å². The second-order valence-electron chi connectivity index (χ2n) is 9.91. The Morgan fingerprint density at radius 2 is 1.88 bits per heavy atom. The third kappa shape index (κ3) is 4.28. The van der Waals surface area contributed by atoms with Gasteiger partial charge in [-0.1, -0.05) is 13.8 Å². The van der Waals surface area contributed by atoms with E-state index in [1.54, 1.807) is 11.1 Å². The van der Waals surface area contributed by atoms with Gasteiger partial charge in [0.2, 0.25) is 5.91 Å². The van der Waals surface area contributed by atoms with E-state index in [0.29, 0.717) is 25.3 Å². The van der Waals surface area contributed by atoms with E-state index in [1.807, 2.05) is 39.1 Å². The first kappa shape index (κ1) is 22.1. The number of ether oxygens (including phenoxy) is 1. The number of amides is 4. The maximum atomic E-state index is 12.6. The van der Waals surface area contributed by atoms with Crippen LogP contribution in [0.15, 0.2) is 24.5 Å². The molecule has 0 aromatic carbocycles. The molecule has 2 saturated heterocycles. The van der Waals surface area contributed by atoms with Crippen molar-refractivity contribution in [2.45, 2.75) is 52.7 Å². The molecular weight excluding hydrogens is 410 g/mol.